The lowest BCUT2D eigenvalue weighted by Crippen LogP contribution is -2.63. The Balaban J connectivity index is 2.04. The van der Waals surface area contributed by atoms with E-state index < -0.39 is 35.9 Å². The Morgan fingerprint density at radius 2 is 2.08 bits per heavy atom. The van der Waals surface area contributed by atoms with Gasteiger partial charge in [0, 0.05) is 6.54 Å². The SMILES string of the molecule is C#C[C@@H](NC(=O)[C@@H]1C[C@@H](CCC)CN1C)[C@H]1OC(SC)[C@H](O)C(O)[C@@H]1O. The quantitative estimate of drug-likeness (QED) is 0.452. The molecule has 8 heteroatoms. The van der Waals surface area contributed by atoms with Crippen molar-refractivity contribution >= 4 is 17.7 Å². The highest BCUT2D eigenvalue weighted by atomic mass is 32.2. The molecule has 148 valence electrons. The standard InChI is InChI=1S/C18H30N2O5S/c1-5-7-10-8-12(20(3)9-10)17(24)19-11(6-2)16-14(22)13(21)15(23)18(25-16)26-4/h2,10-16,18,21-23H,5,7-9H2,1,3-4H3,(H,19,24)/t10-,11-,12+,13?,14+,15-,16-,18?/m1/s1. The first-order valence-corrected chi connectivity index (χ1v) is 10.3. The first-order valence-electron chi connectivity index (χ1n) is 9.03. The number of likely N-dealkylation sites (N-methyl/N-ethyl adjacent to an activating group) is 1. The van der Waals surface area contributed by atoms with Crippen LogP contribution in [0.5, 0.6) is 0 Å². The number of ether oxygens (including phenoxy) is 1. The van der Waals surface area contributed by atoms with Crippen molar-refractivity contribution in [2.75, 3.05) is 19.8 Å². The maximum absolute atomic E-state index is 12.7. The lowest BCUT2D eigenvalue weighted by atomic mass is 9.94. The first-order chi connectivity index (χ1) is 12.3. The topological polar surface area (TPSA) is 102 Å². The zero-order chi connectivity index (χ0) is 19.4. The molecule has 2 fully saturated rings. The third kappa shape index (κ3) is 4.53. The van der Waals surface area contributed by atoms with E-state index in [1.807, 2.05) is 11.9 Å². The molecule has 0 aromatic heterocycles. The van der Waals surface area contributed by atoms with E-state index in [9.17, 15) is 20.1 Å². The summed E-state index contributed by atoms with van der Waals surface area (Å²) in [5.74, 6) is 2.73. The zero-order valence-corrected chi connectivity index (χ0v) is 16.4. The van der Waals surface area contributed by atoms with E-state index in [0.717, 1.165) is 25.8 Å². The molecular formula is C18H30N2O5S. The third-order valence-electron chi connectivity index (χ3n) is 5.28. The Hall–Kier alpha value is -0.820. The van der Waals surface area contributed by atoms with Crippen molar-refractivity contribution in [2.45, 2.75) is 68.1 Å². The van der Waals surface area contributed by atoms with Crippen LogP contribution in [0.4, 0.5) is 0 Å². The van der Waals surface area contributed by atoms with Gasteiger partial charge in [0.2, 0.25) is 5.91 Å². The fourth-order valence-corrected chi connectivity index (χ4v) is 4.52. The van der Waals surface area contributed by atoms with Crippen LogP contribution in [-0.4, -0.2) is 87.9 Å². The molecule has 2 aliphatic rings. The van der Waals surface area contributed by atoms with E-state index in [1.165, 1.54) is 11.8 Å². The van der Waals surface area contributed by atoms with Crippen molar-refractivity contribution in [3.05, 3.63) is 0 Å². The molecule has 2 saturated heterocycles. The molecule has 0 saturated carbocycles. The van der Waals surface area contributed by atoms with Crippen molar-refractivity contribution in [1.82, 2.24) is 10.2 Å². The average molecular weight is 387 g/mol. The monoisotopic (exact) mass is 386 g/mol. The molecule has 0 aliphatic carbocycles. The number of aliphatic hydroxyl groups excluding tert-OH is 3. The summed E-state index contributed by atoms with van der Waals surface area (Å²) in [7, 11) is 1.92. The Kier molecular flexibility index (Phi) is 7.76. The molecule has 2 heterocycles. The summed E-state index contributed by atoms with van der Waals surface area (Å²) < 4.78 is 5.67. The highest BCUT2D eigenvalue weighted by Crippen LogP contribution is 2.29. The number of nitrogens with zero attached hydrogens (tertiary/aromatic N) is 1. The van der Waals surface area contributed by atoms with Gasteiger partial charge in [-0.1, -0.05) is 19.3 Å². The molecule has 2 aliphatic heterocycles. The number of aliphatic hydroxyl groups is 3. The van der Waals surface area contributed by atoms with Gasteiger partial charge in [-0.05, 0) is 32.1 Å². The number of rotatable bonds is 6. The van der Waals surface area contributed by atoms with Crippen LogP contribution >= 0.6 is 11.8 Å². The first kappa shape index (κ1) is 21.5. The smallest absolute Gasteiger partial charge is 0.238 e. The largest absolute Gasteiger partial charge is 0.387 e. The van der Waals surface area contributed by atoms with Gasteiger partial charge < -0.3 is 25.4 Å². The second-order valence-electron chi connectivity index (χ2n) is 7.18. The highest BCUT2D eigenvalue weighted by molar-refractivity contribution is 7.99. The molecule has 8 atom stereocenters. The fraction of sp³-hybridized carbons (Fsp3) is 0.833. The Bertz CT molecular complexity index is 526. The summed E-state index contributed by atoms with van der Waals surface area (Å²) in [6, 6.07) is -1.16. The van der Waals surface area contributed by atoms with E-state index in [-0.39, 0.29) is 11.9 Å². The van der Waals surface area contributed by atoms with Gasteiger partial charge in [0.1, 0.15) is 35.9 Å². The van der Waals surface area contributed by atoms with E-state index in [0.29, 0.717) is 5.92 Å². The van der Waals surface area contributed by atoms with Crippen LogP contribution in [0.1, 0.15) is 26.2 Å². The lowest BCUT2D eigenvalue weighted by molar-refractivity contribution is -0.201. The summed E-state index contributed by atoms with van der Waals surface area (Å²) in [6.45, 7) is 3.00. The molecule has 26 heavy (non-hydrogen) atoms. The molecule has 0 aromatic carbocycles. The van der Waals surface area contributed by atoms with Gasteiger partial charge in [-0.25, -0.2) is 0 Å². The summed E-state index contributed by atoms with van der Waals surface area (Å²) in [4.78, 5) is 14.7. The minimum Gasteiger partial charge on any atom is -0.387 e. The van der Waals surface area contributed by atoms with Crippen molar-refractivity contribution < 1.29 is 24.9 Å². The van der Waals surface area contributed by atoms with Gasteiger partial charge in [-0.2, -0.15) is 0 Å². The van der Waals surface area contributed by atoms with E-state index >= 15 is 0 Å². The van der Waals surface area contributed by atoms with Crippen LogP contribution in [0.25, 0.3) is 0 Å². The number of terminal acetylenes is 1. The number of hydrogen-bond acceptors (Lipinski definition) is 7. The molecule has 0 spiro atoms. The van der Waals surface area contributed by atoms with Crippen LogP contribution in [0.3, 0.4) is 0 Å². The number of carbonyl (C=O) groups is 1. The minimum absolute atomic E-state index is 0.203. The van der Waals surface area contributed by atoms with Gasteiger partial charge in [0.25, 0.3) is 0 Å². The van der Waals surface area contributed by atoms with Gasteiger partial charge in [0.05, 0.1) is 6.04 Å². The second kappa shape index (κ2) is 9.40. The Morgan fingerprint density at radius 1 is 1.38 bits per heavy atom. The molecule has 1 amide bonds. The average Bonchev–Trinajstić information content (AvgIpc) is 2.99. The maximum atomic E-state index is 12.7. The van der Waals surface area contributed by atoms with Crippen LogP contribution < -0.4 is 5.32 Å². The number of hydrogen-bond donors (Lipinski definition) is 4. The van der Waals surface area contributed by atoms with Gasteiger partial charge in [0.15, 0.2) is 0 Å². The van der Waals surface area contributed by atoms with Crippen molar-refractivity contribution in [3.63, 3.8) is 0 Å². The van der Waals surface area contributed by atoms with Crippen LogP contribution in [0.15, 0.2) is 0 Å². The number of thioether (sulfide) groups is 1. The molecule has 2 rings (SSSR count). The van der Waals surface area contributed by atoms with Crippen molar-refractivity contribution in [1.29, 1.82) is 0 Å². The molecular weight excluding hydrogens is 356 g/mol. The molecule has 4 N–H and O–H groups in total. The molecule has 0 radical (unpaired) electrons. The molecule has 0 bridgehead atoms. The highest BCUT2D eigenvalue weighted by Gasteiger charge is 2.47. The lowest BCUT2D eigenvalue weighted by Gasteiger charge is -2.42. The number of likely N-dealkylation sites (tertiary alicyclic amines) is 1. The maximum Gasteiger partial charge on any atom is 0.238 e. The van der Waals surface area contributed by atoms with Crippen LogP contribution in [0, 0.1) is 18.3 Å². The molecule has 2 unspecified atom stereocenters. The number of nitrogens with one attached hydrogen (secondary N) is 1. The van der Waals surface area contributed by atoms with Crippen LogP contribution in [0.2, 0.25) is 0 Å². The predicted molar refractivity (Wildman–Crippen MR) is 100 cm³/mol. The van der Waals surface area contributed by atoms with Crippen LogP contribution in [-0.2, 0) is 9.53 Å². The summed E-state index contributed by atoms with van der Waals surface area (Å²) in [6.07, 6.45) is 5.25. The van der Waals surface area contributed by atoms with Gasteiger partial charge >= 0.3 is 0 Å². The Morgan fingerprint density at radius 3 is 2.65 bits per heavy atom. The van der Waals surface area contributed by atoms with E-state index in [4.69, 9.17) is 11.2 Å². The normalized spacial score (nSPS) is 39.3. The number of amides is 1. The van der Waals surface area contributed by atoms with Gasteiger partial charge in [-0.3, -0.25) is 9.69 Å². The Labute approximate surface area is 159 Å². The van der Waals surface area contributed by atoms with Gasteiger partial charge in [-0.15, -0.1) is 18.2 Å². The molecule has 0 aromatic rings. The minimum atomic E-state index is -1.39. The third-order valence-corrected chi connectivity index (χ3v) is 6.13. The zero-order valence-electron chi connectivity index (χ0n) is 15.5. The van der Waals surface area contributed by atoms with E-state index in [2.05, 4.69) is 18.2 Å². The van der Waals surface area contributed by atoms with Crippen molar-refractivity contribution in [3.8, 4) is 12.3 Å². The molecule has 7 nitrogen and oxygen atoms in total. The van der Waals surface area contributed by atoms with E-state index in [1.54, 1.807) is 6.26 Å². The van der Waals surface area contributed by atoms with Crippen molar-refractivity contribution in [2.24, 2.45) is 5.92 Å². The summed E-state index contributed by atoms with van der Waals surface area (Å²) in [5, 5.41) is 33.1. The second-order valence-corrected chi connectivity index (χ2v) is 8.11. The fourth-order valence-electron chi connectivity index (χ4n) is 3.84. The number of carbonyl (C=O) groups excluding carboxylic acids is 1. The summed E-state index contributed by atoms with van der Waals surface area (Å²) in [5.41, 5.74) is -0.728. The predicted octanol–water partition coefficient (Wildman–Crippen LogP) is -0.605. The summed E-state index contributed by atoms with van der Waals surface area (Å²) >= 11 is 1.21.